The first-order chi connectivity index (χ1) is 8.33. The van der Waals surface area contributed by atoms with Gasteiger partial charge >= 0.3 is 0 Å². The van der Waals surface area contributed by atoms with Crippen LogP contribution in [-0.2, 0) is 6.42 Å². The molecule has 2 aromatic rings. The molecule has 3 rings (SSSR count). The minimum atomic E-state index is 0.257. The summed E-state index contributed by atoms with van der Waals surface area (Å²) < 4.78 is 6.45. The van der Waals surface area contributed by atoms with Gasteiger partial charge in [0.25, 0.3) is 0 Å². The van der Waals surface area contributed by atoms with Gasteiger partial charge in [0.1, 0.15) is 16.2 Å². The monoisotopic (exact) mass is 244 g/mol. The maximum absolute atomic E-state index is 5.74. The van der Waals surface area contributed by atoms with Crippen LogP contribution in [0.4, 0.5) is 0 Å². The average molecular weight is 244 g/mol. The minimum absolute atomic E-state index is 0.257. The molecule has 1 aliphatic heterocycles. The Bertz CT molecular complexity index is 594. The zero-order valence-electron chi connectivity index (χ0n) is 9.22. The first kappa shape index (κ1) is 10.5. The number of aromatic amines is 1. The van der Waals surface area contributed by atoms with Crippen molar-refractivity contribution in [3.63, 3.8) is 0 Å². The largest absolute Gasteiger partial charge is 0.493 e. The van der Waals surface area contributed by atoms with Gasteiger partial charge in [0.05, 0.1) is 12.5 Å². The summed E-state index contributed by atoms with van der Waals surface area (Å²) >= 11 is 5.11. The molecular formula is C13H12N2OS. The number of nitrogens with zero attached hydrogens (tertiary/aromatic N) is 1. The van der Waals surface area contributed by atoms with Gasteiger partial charge in [-0.3, -0.25) is 0 Å². The third-order valence-electron chi connectivity index (χ3n) is 2.96. The van der Waals surface area contributed by atoms with Crippen molar-refractivity contribution < 1.29 is 4.74 Å². The van der Waals surface area contributed by atoms with E-state index in [0.717, 1.165) is 18.0 Å². The number of nitrogens with one attached hydrogen (secondary N) is 1. The van der Waals surface area contributed by atoms with E-state index in [1.54, 1.807) is 12.3 Å². The molecule has 1 aromatic carbocycles. The van der Waals surface area contributed by atoms with Gasteiger partial charge in [-0.2, -0.15) is 0 Å². The molecule has 1 unspecified atom stereocenters. The van der Waals surface area contributed by atoms with Gasteiger partial charge in [-0.25, -0.2) is 4.98 Å². The summed E-state index contributed by atoms with van der Waals surface area (Å²) in [6.45, 7) is 0.652. The van der Waals surface area contributed by atoms with Gasteiger partial charge < -0.3 is 9.72 Å². The predicted molar refractivity (Wildman–Crippen MR) is 67.8 cm³/mol. The zero-order chi connectivity index (χ0) is 11.7. The van der Waals surface area contributed by atoms with Crippen molar-refractivity contribution in [2.45, 2.75) is 12.3 Å². The summed E-state index contributed by atoms with van der Waals surface area (Å²) in [5.41, 5.74) is 1.23. The van der Waals surface area contributed by atoms with Crippen LogP contribution in [0.5, 0.6) is 5.75 Å². The van der Waals surface area contributed by atoms with Crippen LogP contribution in [0, 0.1) is 4.64 Å². The van der Waals surface area contributed by atoms with Crippen LogP contribution < -0.4 is 4.74 Å². The summed E-state index contributed by atoms with van der Waals surface area (Å²) in [6.07, 6.45) is 2.69. The molecule has 0 bridgehead atoms. The van der Waals surface area contributed by atoms with Crippen LogP contribution in [-0.4, -0.2) is 16.6 Å². The molecule has 0 fully saturated rings. The number of H-pyrrole nitrogens is 1. The van der Waals surface area contributed by atoms with Crippen molar-refractivity contribution >= 4 is 12.2 Å². The molecule has 0 spiro atoms. The molecule has 0 radical (unpaired) electrons. The van der Waals surface area contributed by atoms with Crippen molar-refractivity contribution in [3.05, 3.63) is 52.6 Å². The lowest BCUT2D eigenvalue weighted by Gasteiger charge is -2.24. The van der Waals surface area contributed by atoms with E-state index in [4.69, 9.17) is 17.0 Å². The number of para-hydroxylation sites is 1. The standard InChI is InChI=1S/C13H12N2OS/c17-12-5-6-14-13(15-12)10-7-9-3-1-2-4-11(9)16-8-10/h1-6,10H,7-8H2,(H,14,15,17). The maximum atomic E-state index is 5.74. The molecule has 86 valence electrons. The molecule has 1 atom stereocenters. The van der Waals surface area contributed by atoms with Crippen LogP contribution in [0.3, 0.4) is 0 Å². The molecule has 0 amide bonds. The first-order valence-corrected chi connectivity index (χ1v) is 6.00. The van der Waals surface area contributed by atoms with E-state index in [-0.39, 0.29) is 5.92 Å². The van der Waals surface area contributed by atoms with Crippen molar-refractivity contribution in [3.8, 4) is 5.75 Å². The summed E-state index contributed by atoms with van der Waals surface area (Å²) in [6, 6.07) is 9.92. The van der Waals surface area contributed by atoms with Crippen LogP contribution in [0.2, 0.25) is 0 Å². The number of hydrogen-bond donors (Lipinski definition) is 1. The fourth-order valence-electron chi connectivity index (χ4n) is 2.10. The van der Waals surface area contributed by atoms with E-state index in [0.29, 0.717) is 11.2 Å². The average Bonchev–Trinajstić information content (AvgIpc) is 2.38. The second-order valence-corrected chi connectivity index (χ2v) is 4.58. The molecule has 0 saturated heterocycles. The van der Waals surface area contributed by atoms with Gasteiger partial charge in [0.2, 0.25) is 0 Å². The van der Waals surface area contributed by atoms with Gasteiger partial charge in [-0.05, 0) is 24.1 Å². The van der Waals surface area contributed by atoms with Gasteiger partial charge in [-0.15, -0.1) is 0 Å². The summed E-state index contributed by atoms with van der Waals surface area (Å²) in [5, 5.41) is 0. The van der Waals surface area contributed by atoms with Crippen molar-refractivity contribution in [1.29, 1.82) is 0 Å². The molecule has 3 nitrogen and oxygen atoms in total. The van der Waals surface area contributed by atoms with E-state index in [2.05, 4.69) is 16.0 Å². The minimum Gasteiger partial charge on any atom is -0.493 e. The SMILES string of the molecule is S=c1ccnc(C2COc3ccccc3C2)[nH]1. The smallest absolute Gasteiger partial charge is 0.122 e. The number of fused-ring (bicyclic) bond motifs is 1. The highest BCUT2D eigenvalue weighted by Gasteiger charge is 2.22. The highest BCUT2D eigenvalue weighted by Crippen LogP contribution is 2.30. The highest BCUT2D eigenvalue weighted by molar-refractivity contribution is 7.71. The lowest BCUT2D eigenvalue weighted by molar-refractivity contribution is 0.257. The van der Waals surface area contributed by atoms with Gasteiger partial charge in [-0.1, -0.05) is 30.4 Å². The van der Waals surface area contributed by atoms with E-state index >= 15 is 0 Å². The second kappa shape index (κ2) is 4.30. The van der Waals surface area contributed by atoms with Crippen LogP contribution in [0.15, 0.2) is 36.5 Å². The Hall–Kier alpha value is -1.68. The molecule has 17 heavy (non-hydrogen) atoms. The Balaban J connectivity index is 1.92. The molecule has 2 heterocycles. The van der Waals surface area contributed by atoms with Crippen molar-refractivity contribution in [2.24, 2.45) is 0 Å². The van der Waals surface area contributed by atoms with E-state index in [9.17, 15) is 0 Å². The van der Waals surface area contributed by atoms with Gasteiger partial charge in [0.15, 0.2) is 0 Å². The third kappa shape index (κ3) is 2.08. The predicted octanol–water partition coefficient (Wildman–Crippen LogP) is 2.86. The van der Waals surface area contributed by atoms with E-state index in [1.807, 2.05) is 18.2 Å². The van der Waals surface area contributed by atoms with Gasteiger partial charge in [0, 0.05) is 6.20 Å². The number of benzene rings is 1. The number of aromatic nitrogens is 2. The molecule has 4 heteroatoms. The van der Waals surface area contributed by atoms with Crippen LogP contribution in [0.25, 0.3) is 0 Å². The Morgan fingerprint density at radius 2 is 2.18 bits per heavy atom. The normalized spacial score (nSPS) is 18.2. The van der Waals surface area contributed by atoms with Crippen molar-refractivity contribution in [1.82, 2.24) is 9.97 Å². The Kier molecular flexibility index (Phi) is 2.65. The Morgan fingerprint density at radius 3 is 3.06 bits per heavy atom. The Morgan fingerprint density at radius 1 is 1.29 bits per heavy atom. The van der Waals surface area contributed by atoms with Crippen molar-refractivity contribution in [2.75, 3.05) is 6.61 Å². The lowest BCUT2D eigenvalue weighted by atomic mass is 9.96. The topological polar surface area (TPSA) is 37.9 Å². The molecule has 1 N–H and O–H groups in total. The molecular weight excluding hydrogens is 232 g/mol. The third-order valence-corrected chi connectivity index (χ3v) is 3.19. The number of ether oxygens (including phenoxy) is 1. The molecule has 0 aliphatic carbocycles. The molecule has 0 saturated carbocycles. The molecule has 1 aliphatic rings. The molecule has 1 aromatic heterocycles. The zero-order valence-corrected chi connectivity index (χ0v) is 10.0. The quantitative estimate of drug-likeness (QED) is 0.784. The first-order valence-electron chi connectivity index (χ1n) is 5.59. The Labute approximate surface area is 104 Å². The van der Waals surface area contributed by atoms with Crippen LogP contribution >= 0.6 is 12.2 Å². The second-order valence-electron chi connectivity index (χ2n) is 4.14. The fourth-order valence-corrected chi connectivity index (χ4v) is 2.26. The van der Waals surface area contributed by atoms with Crippen LogP contribution in [0.1, 0.15) is 17.3 Å². The van der Waals surface area contributed by atoms with E-state index < -0.39 is 0 Å². The summed E-state index contributed by atoms with van der Waals surface area (Å²) in [5.74, 6) is 2.15. The van der Waals surface area contributed by atoms with E-state index in [1.165, 1.54) is 5.56 Å². The number of hydrogen-bond acceptors (Lipinski definition) is 3. The summed E-state index contributed by atoms with van der Waals surface area (Å²) in [4.78, 5) is 7.47. The summed E-state index contributed by atoms with van der Waals surface area (Å²) in [7, 11) is 0. The lowest BCUT2D eigenvalue weighted by Crippen LogP contribution is -2.21. The fraction of sp³-hybridized carbons (Fsp3) is 0.231. The number of rotatable bonds is 1. The highest BCUT2D eigenvalue weighted by atomic mass is 32.1. The maximum Gasteiger partial charge on any atom is 0.122 e.